The van der Waals surface area contributed by atoms with Crippen molar-refractivity contribution in [3.63, 3.8) is 0 Å². The third-order valence-corrected chi connectivity index (χ3v) is 10.2. The number of unbranched alkanes of at least 4 members (excludes halogenated alkanes) is 20. The van der Waals surface area contributed by atoms with Crippen LogP contribution in [0.5, 0.6) is 0 Å². The lowest BCUT2D eigenvalue weighted by Gasteiger charge is -2.18. The molecule has 0 rings (SSSR count). The maximum Gasteiger partial charge on any atom is 0.306 e. The molecule has 0 aliphatic heterocycles. The number of carbonyl (C=O) groups is 3. The predicted octanol–water partition coefficient (Wildman–Crippen LogP) is 15.9. The Kier molecular flexibility index (Phi) is 45.0. The summed E-state index contributed by atoms with van der Waals surface area (Å²) in [4.78, 5) is 37.8. The van der Waals surface area contributed by atoms with Crippen LogP contribution in [0.2, 0.25) is 0 Å². The van der Waals surface area contributed by atoms with E-state index in [1.165, 1.54) is 103 Å². The molecule has 338 valence electrons. The Bertz CT molecular complexity index is 1130. The molecular formula is C53H90O6. The van der Waals surface area contributed by atoms with Crippen LogP contribution in [-0.2, 0) is 28.6 Å². The molecule has 0 aliphatic carbocycles. The largest absolute Gasteiger partial charge is 0.462 e. The number of hydrogen-bond acceptors (Lipinski definition) is 6. The molecular weight excluding hydrogens is 733 g/mol. The van der Waals surface area contributed by atoms with Crippen LogP contribution in [0.3, 0.4) is 0 Å². The second kappa shape index (κ2) is 47.5. The standard InChI is InChI=1S/C53H90O6/c1-4-7-10-13-16-19-22-24-26-28-31-34-37-40-43-46-52(55)58-49-50(48-57-51(54)45-42-39-36-33-30-21-18-15-12-9-6-3)59-53(56)47-44-41-38-35-32-29-27-25-23-20-17-14-11-8-5-2/h16-17,19-20,24-27,31-32,34-35,50H,4-15,18,21-23,28-30,33,36-49H2,1-3H3/b19-16-,20-17-,26-24-,27-25-,34-31-,35-32-/t50-/m0/s1. The number of esters is 3. The summed E-state index contributed by atoms with van der Waals surface area (Å²) >= 11 is 0. The number of allylic oxidation sites excluding steroid dienone is 12. The predicted molar refractivity (Wildman–Crippen MR) is 251 cm³/mol. The van der Waals surface area contributed by atoms with Gasteiger partial charge in [0.2, 0.25) is 0 Å². The topological polar surface area (TPSA) is 78.9 Å². The number of ether oxygens (including phenoxy) is 3. The maximum absolute atomic E-state index is 12.7. The van der Waals surface area contributed by atoms with Gasteiger partial charge in [-0.1, -0.05) is 184 Å². The SMILES string of the molecule is CCCCC/C=C\C/C=C\C/C=C\CCCCC(=O)OC[C@H](COC(=O)CCCCCCCCCCCCC)OC(=O)CCCC/C=C\C/C=C\C/C=C\CCCCC. The van der Waals surface area contributed by atoms with Gasteiger partial charge in [-0.3, -0.25) is 14.4 Å². The van der Waals surface area contributed by atoms with Crippen molar-refractivity contribution in [1.29, 1.82) is 0 Å². The summed E-state index contributed by atoms with van der Waals surface area (Å²) < 4.78 is 16.7. The molecule has 59 heavy (non-hydrogen) atoms. The molecule has 6 heteroatoms. The van der Waals surface area contributed by atoms with Gasteiger partial charge < -0.3 is 14.2 Å². The van der Waals surface area contributed by atoms with Crippen molar-refractivity contribution in [3.05, 3.63) is 72.9 Å². The molecule has 0 aliphatic rings. The quantitative estimate of drug-likeness (QED) is 0.0264. The van der Waals surface area contributed by atoms with Crippen LogP contribution < -0.4 is 0 Å². The van der Waals surface area contributed by atoms with Crippen molar-refractivity contribution < 1.29 is 28.6 Å². The van der Waals surface area contributed by atoms with Gasteiger partial charge in [0, 0.05) is 19.3 Å². The molecule has 0 amide bonds. The third kappa shape index (κ3) is 45.8. The van der Waals surface area contributed by atoms with Gasteiger partial charge in [0.25, 0.3) is 0 Å². The van der Waals surface area contributed by atoms with Gasteiger partial charge in [-0.05, 0) is 96.3 Å². The molecule has 0 heterocycles. The van der Waals surface area contributed by atoms with Crippen LogP contribution in [-0.4, -0.2) is 37.2 Å². The van der Waals surface area contributed by atoms with Crippen molar-refractivity contribution in [2.24, 2.45) is 0 Å². The Hall–Kier alpha value is -3.15. The lowest BCUT2D eigenvalue weighted by atomic mass is 10.1. The number of carbonyl (C=O) groups excluding carboxylic acids is 3. The highest BCUT2D eigenvalue weighted by Crippen LogP contribution is 2.13. The molecule has 0 aromatic rings. The minimum Gasteiger partial charge on any atom is -0.462 e. The van der Waals surface area contributed by atoms with E-state index in [1.807, 2.05) is 0 Å². The molecule has 0 N–H and O–H groups in total. The summed E-state index contributed by atoms with van der Waals surface area (Å²) in [5.74, 6) is -0.983. The molecule has 0 aromatic heterocycles. The van der Waals surface area contributed by atoms with E-state index in [-0.39, 0.29) is 37.5 Å². The normalized spacial score (nSPS) is 12.7. The van der Waals surface area contributed by atoms with Crippen LogP contribution >= 0.6 is 0 Å². The van der Waals surface area contributed by atoms with Crippen LogP contribution in [0.4, 0.5) is 0 Å². The van der Waals surface area contributed by atoms with Gasteiger partial charge in [-0.15, -0.1) is 0 Å². The van der Waals surface area contributed by atoms with E-state index >= 15 is 0 Å². The Morgan fingerprint density at radius 1 is 0.339 bits per heavy atom. The second-order valence-corrected chi connectivity index (χ2v) is 16.0. The summed E-state index contributed by atoms with van der Waals surface area (Å²) in [5.41, 5.74) is 0. The van der Waals surface area contributed by atoms with Gasteiger partial charge in [0.05, 0.1) is 0 Å². The van der Waals surface area contributed by atoms with E-state index in [0.717, 1.165) is 77.0 Å². The minimum absolute atomic E-state index is 0.102. The van der Waals surface area contributed by atoms with Crippen molar-refractivity contribution >= 4 is 17.9 Å². The Morgan fingerprint density at radius 2 is 0.610 bits per heavy atom. The van der Waals surface area contributed by atoms with E-state index in [9.17, 15) is 14.4 Å². The fourth-order valence-corrected chi connectivity index (χ4v) is 6.45. The average molecular weight is 823 g/mol. The van der Waals surface area contributed by atoms with Crippen LogP contribution in [0.25, 0.3) is 0 Å². The average Bonchev–Trinajstić information content (AvgIpc) is 3.23. The zero-order chi connectivity index (χ0) is 43.0. The first-order valence-corrected chi connectivity index (χ1v) is 24.4. The second-order valence-electron chi connectivity index (χ2n) is 16.0. The third-order valence-electron chi connectivity index (χ3n) is 10.2. The fourth-order valence-electron chi connectivity index (χ4n) is 6.45. The molecule has 0 unspecified atom stereocenters. The lowest BCUT2D eigenvalue weighted by molar-refractivity contribution is -0.167. The molecule has 6 nitrogen and oxygen atoms in total. The van der Waals surface area contributed by atoms with Crippen LogP contribution in [0.1, 0.15) is 226 Å². The zero-order valence-electron chi connectivity index (χ0n) is 38.5. The summed E-state index contributed by atoms with van der Waals surface area (Å²) in [7, 11) is 0. The molecule has 0 fully saturated rings. The molecule has 0 radical (unpaired) electrons. The van der Waals surface area contributed by atoms with Crippen molar-refractivity contribution in [2.45, 2.75) is 232 Å². The summed E-state index contributed by atoms with van der Waals surface area (Å²) in [6.45, 7) is 6.50. The van der Waals surface area contributed by atoms with Gasteiger partial charge >= 0.3 is 17.9 Å². The molecule has 1 atom stereocenters. The molecule has 0 spiro atoms. The Labute approximate surface area is 363 Å². The van der Waals surface area contributed by atoms with Gasteiger partial charge in [0.1, 0.15) is 13.2 Å². The minimum atomic E-state index is -0.807. The fraction of sp³-hybridized carbons (Fsp3) is 0.717. The van der Waals surface area contributed by atoms with E-state index in [2.05, 4.69) is 93.7 Å². The smallest absolute Gasteiger partial charge is 0.306 e. The molecule has 0 bridgehead atoms. The van der Waals surface area contributed by atoms with Crippen LogP contribution in [0.15, 0.2) is 72.9 Å². The van der Waals surface area contributed by atoms with Crippen molar-refractivity contribution in [1.82, 2.24) is 0 Å². The Balaban J connectivity index is 4.51. The summed E-state index contributed by atoms with van der Waals surface area (Å²) in [6.07, 6.45) is 58.8. The Morgan fingerprint density at radius 3 is 0.983 bits per heavy atom. The van der Waals surface area contributed by atoms with Gasteiger partial charge in [-0.25, -0.2) is 0 Å². The highest BCUT2D eigenvalue weighted by molar-refractivity contribution is 5.71. The van der Waals surface area contributed by atoms with E-state index in [4.69, 9.17) is 14.2 Å². The summed E-state index contributed by atoms with van der Waals surface area (Å²) in [5, 5.41) is 0. The van der Waals surface area contributed by atoms with E-state index in [1.54, 1.807) is 0 Å². The number of hydrogen-bond donors (Lipinski definition) is 0. The molecule has 0 saturated carbocycles. The zero-order valence-corrected chi connectivity index (χ0v) is 38.5. The van der Waals surface area contributed by atoms with Gasteiger partial charge in [0.15, 0.2) is 6.10 Å². The first-order valence-electron chi connectivity index (χ1n) is 24.4. The molecule has 0 aromatic carbocycles. The van der Waals surface area contributed by atoms with Crippen molar-refractivity contribution in [3.8, 4) is 0 Å². The highest BCUT2D eigenvalue weighted by atomic mass is 16.6. The van der Waals surface area contributed by atoms with Gasteiger partial charge in [-0.2, -0.15) is 0 Å². The first-order chi connectivity index (χ1) is 29.0. The monoisotopic (exact) mass is 823 g/mol. The highest BCUT2D eigenvalue weighted by Gasteiger charge is 2.19. The van der Waals surface area contributed by atoms with E-state index < -0.39 is 6.10 Å². The maximum atomic E-state index is 12.7. The van der Waals surface area contributed by atoms with Crippen molar-refractivity contribution in [2.75, 3.05) is 13.2 Å². The first kappa shape index (κ1) is 55.9. The molecule has 0 saturated heterocycles. The van der Waals surface area contributed by atoms with Crippen LogP contribution in [0, 0.1) is 0 Å². The number of rotatable bonds is 43. The van der Waals surface area contributed by atoms with E-state index in [0.29, 0.717) is 19.3 Å². The summed E-state index contributed by atoms with van der Waals surface area (Å²) in [6, 6.07) is 0. The lowest BCUT2D eigenvalue weighted by Crippen LogP contribution is -2.30.